The van der Waals surface area contributed by atoms with Gasteiger partial charge in [-0.1, -0.05) is 12.5 Å². The molecule has 1 aliphatic heterocycles. The van der Waals surface area contributed by atoms with Crippen LogP contribution in [0.15, 0.2) is 33.9 Å². The van der Waals surface area contributed by atoms with Crippen LogP contribution in [-0.4, -0.2) is 56.1 Å². The first kappa shape index (κ1) is 17.7. The number of rotatable bonds is 4. The molecule has 0 bridgehead atoms. The first-order chi connectivity index (χ1) is 12.4. The van der Waals surface area contributed by atoms with E-state index in [-0.39, 0.29) is 29.7 Å². The number of hydrogen-bond acceptors (Lipinski definition) is 5. The summed E-state index contributed by atoms with van der Waals surface area (Å²) in [5.74, 6) is 0.0983. The van der Waals surface area contributed by atoms with Gasteiger partial charge in [-0.25, -0.2) is 0 Å². The molecule has 0 aromatic rings. The number of allylic oxidation sites excluding steroid dienone is 4. The normalized spacial score (nSPS) is 27.7. The lowest BCUT2D eigenvalue weighted by atomic mass is 9.70. The van der Waals surface area contributed by atoms with E-state index in [1.165, 1.54) is 5.57 Å². The van der Waals surface area contributed by atoms with E-state index in [1.54, 1.807) is 0 Å². The maximum absolute atomic E-state index is 12.8. The van der Waals surface area contributed by atoms with E-state index in [1.807, 2.05) is 13.0 Å². The van der Waals surface area contributed by atoms with Gasteiger partial charge in [-0.2, -0.15) is 0 Å². The van der Waals surface area contributed by atoms with Crippen molar-refractivity contribution in [1.82, 2.24) is 4.90 Å². The molecule has 4 aliphatic rings. The Bertz CT molecular complexity index is 748. The van der Waals surface area contributed by atoms with Crippen molar-refractivity contribution < 1.29 is 19.1 Å². The van der Waals surface area contributed by atoms with Crippen molar-refractivity contribution in [2.75, 3.05) is 39.5 Å². The second-order valence-electron chi connectivity index (χ2n) is 8.01. The number of ether oxygens (including phenoxy) is 2. The summed E-state index contributed by atoms with van der Waals surface area (Å²) >= 11 is 0. The average molecular weight is 357 g/mol. The van der Waals surface area contributed by atoms with Crippen molar-refractivity contribution in [3.8, 4) is 0 Å². The molecule has 5 nitrogen and oxygen atoms in total. The summed E-state index contributed by atoms with van der Waals surface area (Å²) in [7, 11) is 0. The molecule has 4 rings (SSSR count). The van der Waals surface area contributed by atoms with Crippen molar-refractivity contribution >= 4 is 11.8 Å². The highest BCUT2D eigenvalue weighted by molar-refractivity contribution is 6.07. The molecule has 1 spiro atoms. The molecule has 0 aromatic heterocycles. The smallest absolute Gasteiger partial charge is 0.320 e. The molecule has 0 amide bonds. The van der Waals surface area contributed by atoms with Gasteiger partial charge in [-0.3, -0.25) is 14.5 Å². The van der Waals surface area contributed by atoms with Crippen molar-refractivity contribution in [3.63, 3.8) is 0 Å². The predicted molar refractivity (Wildman–Crippen MR) is 97.5 cm³/mol. The Hall–Kier alpha value is -1.72. The van der Waals surface area contributed by atoms with Crippen molar-refractivity contribution in [1.29, 1.82) is 0 Å². The molecular formula is C21H27NO4. The molecule has 0 aromatic carbocycles. The fourth-order valence-electron chi connectivity index (χ4n) is 4.68. The Morgan fingerprint density at radius 1 is 1.31 bits per heavy atom. The third-order valence-corrected chi connectivity index (χ3v) is 6.64. The van der Waals surface area contributed by atoms with E-state index in [9.17, 15) is 9.59 Å². The zero-order valence-electron chi connectivity index (χ0n) is 15.9. The summed E-state index contributed by atoms with van der Waals surface area (Å²) in [6.07, 6.45) is 4.16. The summed E-state index contributed by atoms with van der Waals surface area (Å²) in [6.45, 7) is 9.64. The molecule has 0 radical (unpaired) electrons. The number of fused-ring (bicyclic) bond motifs is 1. The molecule has 1 atom stereocenters. The standard InChI is InChI=1S/C21H27NO4/c1-13-10-16-19(14(2)21(4-5-21)15(3)20(16)24)17(13)12-26-18(23)11-22-6-8-25-9-7-22/h10,15H,4-9,11-12H2,1-3H3/t15-/m1/s1. The quantitative estimate of drug-likeness (QED) is 0.724. The van der Waals surface area contributed by atoms with Crippen LogP contribution < -0.4 is 0 Å². The Morgan fingerprint density at radius 2 is 2.00 bits per heavy atom. The second kappa shape index (κ2) is 6.46. The molecule has 0 unspecified atom stereocenters. The van der Waals surface area contributed by atoms with Crippen LogP contribution in [0.5, 0.6) is 0 Å². The van der Waals surface area contributed by atoms with Crippen LogP contribution in [-0.2, 0) is 19.1 Å². The number of Topliss-reactive ketones (excluding diaryl/α,β-unsaturated/α-hetero) is 1. The maximum Gasteiger partial charge on any atom is 0.320 e. The third-order valence-electron chi connectivity index (χ3n) is 6.64. The van der Waals surface area contributed by atoms with Gasteiger partial charge in [-0.05, 0) is 43.9 Å². The number of ketones is 1. The Morgan fingerprint density at radius 3 is 2.65 bits per heavy atom. The minimum Gasteiger partial charge on any atom is -0.460 e. The minimum atomic E-state index is -0.212. The topological polar surface area (TPSA) is 55.8 Å². The van der Waals surface area contributed by atoms with Crippen LogP contribution in [0.3, 0.4) is 0 Å². The van der Waals surface area contributed by atoms with Crippen LogP contribution in [0.1, 0.15) is 33.6 Å². The second-order valence-corrected chi connectivity index (χ2v) is 8.01. The average Bonchev–Trinajstić information content (AvgIpc) is 3.36. The van der Waals surface area contributed by atoms with Crippen LogP contribution >= 0.6 is 0 Å². The van der Waals surface area contributed by atoms with Gasteiger partial charge < -0.3 is 9.47 Å². The van der Waals surface area contributed by atoms with Gasteiger partial charge in [0.1, 0.15) is 6.61 Å². The van der Waals surface area contributed by atoms with Gasteiger partial charge in [-0.15, -0.1) is 0 Å². The number of esters is 1. The fraction of sp³-hybridized carbons (Fsp3) is 0.619. The molecular weight excluding hydrogens is 330 g/mol. The lowest BCUT2D eigenvalue weighted by Gasteiger charge is -2.32. The largest absolute Gasteiger partial charge is 0.460 e. The summed E-state index contributed by atoms with van der Waals surface area (Å²) < 4.78 is 10.9. The molecule has 26 heavy (non-hydrogen) atoms. The Balaban J connectivity index is 1.47. The third kappa shape index (κ3) is 2.78. The highest BCUT2D eigenvalue weighted by Crippen LogP contribution is 2.63. The van der Waals surface area contributed by atoms with Gasteiger partial charge in [0.2, 0.25) is 0 Å². The molecule has 3 aliphatic carbocycles. The van der Waals surface area contributed by atoms with Gasteiger partial charge in [0.15, 0.2) is 5.78 Å². The van der Waals surface area contributed by atoms with Gasteiger partial charge in [0, 0.05) is 35.6 Å². The molecule has 5 heteroatoms. The fourth-order valence-corrected chi connectivity index (χ4v) is 4.68. The van der Waals surface area contributed by atoms with E-state index in [2.05, 4.69) is 18.7 Å². The molecule has 0 N–H and O–H groups in total. The highest BCUT2D eigenvalue weighted by atomic mass is 16.5. The number of hydrogen-bond donors (Lipinski definition) is 0. The summed E-state index contributed by atoms with van der Waals surface area (Å²) in [4.78, 5) is 27.1. The van der Waals surface area contributed by atoms with E-state index in [0.29, 0.717) is 19.8 Å². The number of carbonyl (C=O) groups is 2. The maximum atomic E-state index is 12.8. The Kier molecular flexibility index (Phi) is 4.40. The summed E-state index contributed by atoms with van der Waals surface area (Å²) in [5.41, 5.74) is 5.31. The highest BCUT2D eigenvalue weighted by Gasteiger charge is 2.56. The lowest BCUT2D eigenvalue weighted by molar-refractivity contribution is -0.144. The number of carbonyl (C=O) groups excluding carboxylic acids is 2. The van der Waals surface area contributed by atoms with E-state index in [4.69, 9.17) is 9.47 Å². The predicted octanol–water partition coefficient (Wildman–Crippen LogP) is 2.43. The summed E-state index contributed by atoms with van der Waals surface area (Å²) in [6, 6.07) is 0. The molecule has 1 heterocycles. The van der Waals surface area contributed by atoms with Crippen LogP contribution in [0.25, 0.3) is 0 Å². The van der Waals surface area contributed by atoms with Crippen molar-refractivity contribution in [2.45, 2.75) is 33.6 Å². The van der Waals surface area contributed by atoms with Crippen LogP contribution in [0.2, 0.25) is 0 Å². The number of morpholine rings is 1. The molecule has 1 saturated heterocycles. The lowest BCUT2D eigenvalue weighted by Crippen LogP contribution is -2.40. The van der Waals surface area contributed by atoms with Gasteiger partial charge in [0.25, 0.3) is 0 Å². The zero-order valence-corrected chi connectivity index (χ0v) is 15.9. The van der Waals surface area contributed by atoms with Crippen molar-refractivity contribution in [2.24, 2.45) is 11.3 Å². The monoisotopic (exact) mass is 357 g/mol. The first-order valence-electron chi connectivity index (χ1n) is 9.57. The minimum absolute atomic E-state index is 0.0530. The first-order valence-corrected chi connectivity index (χ1v) is 9.57. The van der Waals surface area contributed by atoms with E-state index in [0.717, 1.165) is 48.2 Å². The van der Waals surface area contributed by atoms with Crippen LogP contribution in [0, 0.1) is 11.3 Å². The van der Waals surface area contributed by atoms with Crippen molar-refractivity contribution in [3.05, 3.63) is 33.9 Å². The zero-order chi connectivity index (χ0) is 18.5. The Labute approximate surface area is 154 Å². The number of nitrogens with zero attached hydrogens (tertiary/aromatic N) is 1. The van der Waals surface area contributed by atoms with Gasteiger partial charge in [0.05, 0.1) is 19.8 Å². The van der Waals surface area contributed by atoms with Crippen LogP contribution in [0.4, 0.5) is 0 Å². The molecule has 140 valence electrons. The SMILES string of the molecule is CC1=C(COC(=O)CN2CCOCC2)C2=C(C)C3(CC3)[C@H](C)C(=O)C2=C1. The van der Waals surface area contributed by atoms with E-state index >= 15 is 0 Å². The van der Waals surface area contributed by atoms with Gasteiger partial charge >= 0.3 is 5.97 Å². The summed E-state index contributed by atoms with van der Waals surface area (Å²) in [5, 5.41) is 0. The van der Waals surface area contributed by atoms with E-state index < -0.39 is 0 Å². The molecule has 1 saturated carbocycles. The molecule has 2 fully saturated rings.